The van der Waals surface area contributed by atoms with Crippen LogP contribution in [0.4, 0.5) is 8.78 Å². The Kier molecular flexibility index (Phi) is 4.70. The lowest BCUT2D eigenvalue weighted by atomic mass is 10.2. The summed E-state index contributed by atoms with van der Waals surface area (Å²) in [5.74, 6) is -4.61. The molecule has 0 spiro atoms. The van der Waals surface area contributed by atoms with Gasteiger partial charge in [-0.15, -0.1) is 0 Å². The molecule has 8 heteroatoms. The zero-order valence-corrected chi connectivity index (χ0v) is 13.1. The molecule has 0 aliphatic rings. The first-order chi connectivity index (χ1) is 9.79. The van der Waals surface area contributed by atoms with Gasteiger partial charge >= 0.3 is 5.97 Å². The Morgan fingerprint density at radius 1 is 1.10 bits per heavy atom. The number of hydrogen-bond acceptors (Lipinski definition) is 2. The fraction of sp³-hybridized carbons (Fsp3) is 0. The summed E-state index contributed by atoms with van der Waals surface area (Å²) in [5, 5.41) is 9.02. The van der Waals surface area contributed by atoms with Crippen LogP contribution < -0.4 is 4.74 Å². The Morgan fingerprint density at radius 2 is 1.67 bits per heavy atom. The number of hydrogen-bond donors (Lipinski definition) is 1. The zero-order valence-electron chi connectivity index (χ0n) is 9.96. The maximum atomic E-state index is 13.8. The Labute approximate surface area is 136 Å². The highest BCUT2D eigenvalue weighted by Gasteiger charge is 2.18. The fourth-order valence-electron chi connectivity index (χ4n) is 1.47. The summed E-state index contributed by atoms with van der Waals surface area (Å²) in [6.07, 6.45) is 0. The molecule has 2 aromatic carbocycles. The van der Waals surface area contributed by atoms with Gasteiger partial charge in [-0.2, -0.15) is 0 Å². The molecular weight excluding hydrogens is 393 g/mol. The molecule has 0 amide bonds. The van der Waals surface area contributed by atoms with Crippen molar-refractivity contribution in [3.63, 3.8) is 0 Å². The summed E-state index contributed by atoms with van der Waals surface area (Å²) in [7, 11) is 0. The minimum Gasteiger partial charge on any atom is -0.478 e. The average Bonchev–Trinajstić information content (AvgIpc) is 2.39. The number of aromatic carboxylic acids is 1. The van der Waals surface area contributed by atoms with E-state index in [2.05, 4.69) is 15.9 Å². The van der Waals surface area contributed by atoms with E-state index in [1.54, 1.807) is 0 Å². The van der Waals surface area contributed by atoms with Gasteiger partial charge in [0.1, 0.15) is 5.75 Å². The van der Waals surface area contributed by atoms with Gasteiger partial charge in [-0.05, 0) is 34.1 Å². The summed E-state index contributed by atoms with van der Waals surface area (Å²) in [4.78, 5) is 10.7. The second kappa shape index (κ2) is 6.17. The largest absolute Gasteiger partial charge is 0.478 e. The lowest BCUT2D eigenvalue weighted by Gasteiger charge is -2.11. The SMILES string of the molecule is O=C(O)c1cc(F)c(Oc2cc(Cl)c(Br)cc2Cl)c(F)c1. The van der Waals surface area contributed by atoms with E-state index in [0.717, 1.165) is 0 Å². The zero-order chi connectivity index (χ0) is 15.7. The topological polar surface area (TPSA) is 46.5 Å². The molecular formula is C13H5BrCl2F2O3. The van der Waals surface area contributed by atoms with Crippen molar-refractivity contribution in [2.45, 2.75) is 0 Å². The van der Waals surface area contributed by atoms with Gasteiger partial charge in [-0.1, -0.05) is 23.2 Å². The third-order valence-corrected chi connectivity index (χ3v) is 3.92. The van der Waals surface area contributed by atoms with E-state index in [0.29, 0.717) is 16.6 Å². The molecule has 0 radical (unpaired) electrons. The van der Waals surface area contributed by atoms with E-state index >= 15 is 0 Å². The van der Waals surface area contributed by atoms with Gasteiger partial charge in [0.05, 0.1) is 15.6 Å². The van der Waals surface area contributed by atoms with Crippen LogP contribution in [0.1, 0.15) is 10.4 Å². The minimum absolute atomic E-state index is 0.0641. The lowest BCUT2D eigenvalue weighted by molar-refractivity contribution is 0.0695. The van der Waals surface area contributed by atoms with Crippen LogP contribution in [0.15, 0.2) is 28.7 Å². The molecule has 0 aromatic heterocycles. The third-order valence-electron chi connectivity index (χ3n) is 2.43. The number of carboxylic acids is 1. The van der Waals surface area contributed by atoms with Crippen molar-refractivity contribution in [1.82, 2.24) is 0 Å². The molecule has 21 heavy (non-hydrogen) atoms. The van der Waals surface area contributed by atoms with E-state index in [1.807, 2.05) is 0 Å². The van der Waals surface area contributed by atoms with E-state index in [4.69, 9.17) is 33.0 Å². The molecule has 1 N–H and O–H groups in total. The number of carboxylic acid groups (broad SMARTS) is 1. The van der Waals surface area contributed by atoms with Crippen molar-refractivity contribution in [2.24, 2.45) is 0 Å². The van der Waals surface area contributed by atoms with Crippen molar-refractivity contribution in [3.05, 3.63) is 56.0 Å². The standard InChI is InChI=1S/C13H5BrCl2F2O3/c14-6-3-8(16)11(4-7(6)15)21-12-9(17)1-5(13(19)20)2-10(12)18/h1-4H,(H,19,20). The first-order valence-corrected chi connectivity index (χ1v) is 6.89. The number of benzene rings is 2. The maximum absolute atomic E-state index is 13.8. The molecule has 0 aliphatic heterocycles. The molecule has 0 heterocycles. The van der Waals surface area contributed by atoms with E-state index in [1.165, 1.54) is 12.1 Å². The van der Waals surface area contributed by atoms with Crippen LogP contribution in [0.25, 0.3) is 0 Å². The normalized spacial score (nSPS) is 10.5. The van der Waals surface area contributed by atoms with Crippen molar-refractivity contribution >= 4 is 45.1 Å². The second-order valence-electron chi connectivity index (χ2n) is 3.87. The molecule has 0 atom stereocenters. The highest BCUT2D eigenvalue weighted by molar-refractivity contribution is 9.10. The first-order valence-electron chi connectivity index (χ1n) is 5.34. The van der Waals surface area contributed by atoms with Crippen LogP contribution in [0.5, 0.6) is 11.5 Å². The summed E-state index contributed by atoms with van der Waals surface area (Å²) in [6, 6.07) is 3.98. The number of rotatable bonds is 3. The van der Waals surface area contributed by atoms with Gasteiger partial charge in [0, 0.05) is 10.5 Å². The van der Waals surface area contributed by atoms with Crippen molar-refractivity contribution in [1.29, 1.82) is 0 Å². The summed E-state index contributed by atoms with van der Waals surface area (Å²) in [5.41, 5.74) is -0.530. The maximum Gasteiger partial charge on any atom is 0.335 e. The van der Waals surface area contributed by atoms with Gasteiger partial charge in [-0.25, -0.2) is 13.6 Å². The first kappa shape index (κ1) is 16.0. The number of carbonyl (C=O) groups is 1. The van der Waals surface area contributed by atoms with Crippen LogP contribution in [0.3, 0.4) is 0 Å². The van der Waals surface area contributed by atoms with Gasteiger partial charge in [0.15, 0.2) is 17.4 Å². The molecule has 3 nitrogen and oxygen atoms in total. The Balaban J connectivity index is 2.45. The van der Waals surface area contributed by atoms with Crippen molar-refractivity contribution < 1.29 is 23.4 Å². The molecule has 110 valence electrons. The summed E-state index contributed by atoms with van der Waals surface area (Å²) in [6.45, 7) is 0. The molecule has 0 unspecified atom stereocenters. The average molecular weight is 398 g/mol. The number of halogens is 5. The van der Waals surface area contributed by atoms with E-state index in [-0.39, 0.29) is 15.8 Å². The molecule has 0 bridgehead atoms. The van der Waals surface area contributed by atoms with Gasteiger partial charge in [-0.3, -0.25) is 0 Å². The highest BCUT2D eigenvalue weighted by atomic mass is 79.9. The van der Waals surface area contributed by atoms with Gasteiger partial charge in [0.25, 0.3) is 0 Å². The molecule has 2 rings (SSSR count). The smallest absolute Gasteiger partial charge is 0.335 e. The lowest BCUT2D eigenvalue weighted by Crippen LogP contribution is -2.01. The monoisotopic (exact) mass is 396 g/mol. The van der Waals surface area contributed by atoms with E-state index < -0.39 is 28.9 Å². The Bertz CT molecular complexity index is 715. The van der Waals surface area contributed by atoms with Crippen LogP contribution in [0, 0.1) is 11.6 Å². The van der Waals surface area contributed by atoms with Crippen LogP contribution >= 0.6 is 39.1 Å². The highest BCUT2D eigenvalue weighted by Crippen LogP contribution is 2.38. The van der Waals surface area contributed by atoms with Crippen LogP contribution in [0.2, 0.25) is 10.0 Å². The summed E-state index contributed by atoms with van der Waals surface area (Å²) < 4.78 is 33.1. The quantitative estimate of drug-likeness (QED) is 0.693. The summed E-state index contributed by atoms with van der Waals surface area (Å²) >= 11 is 14.9. The molecule has 2 aromatic rings. The fourth-order valence-corrected chi connectivity index (χ4v) is 2.30. The van der Waals surface area contributed by atoms with Crippen molar-refractivity contribution in [3.8, 4) is 11.5 Å². The second-order valence-corrected chi connectivity index (χ2v) is 5.54. The minimum atomic E-state index is -1.45. The third kappa shape index (κ3) is 3.45. The van der Waals surface area contributed by atoms with Crippen LogP contribution in [-0.2, 0) is 0 Å². The van der Waals surface area contributed by atoms with Crippen molar-refractivity contribution in [2.75, 3.05) is 0 Å². The van der Waals surface area contributed by atoms with Crippen LogP contribution in [-0.4, -0.2) is 11.1 Å². The number of ether oxygens (including phenoxy) is 1. The molecule has 0 saturated heterocycles. The Hall–Kier alpha value is -1.37. The van der Waals surface area contributed by atoms with E-state index in [9.17, 15) is 13.6 Å². The molecule has 0 aliphatic carbocycles. The Morgan fingerprint density at radius 3 is 2.19 bits per heavy atom. The molecule has 0 fully saturated rings. The predicted molar refractivity (Wildman–Crippen MR) is 77.6 cm³/mol. The molecule has 0 saturated carbocycles. The van der Waals surface area contributed by atoms with Gasteiger partial charge < -0.3 is 9.84 Å². The predicted octanol–water partition coefficient (Wildman–Crippen LogP) is 5.52. The van der Waals surface area contributed by atoms with Gasteiger partial charge in [0.2, 0.25) is 0 Å².